The van der Waals surface area contributed by atoms with E-state index in [9.17, 15) is 4.39 Å². The summed E-state index contributed by atoms with van der Waals surface area (Å²) in [5, 5.41) is 3.46. The summed E-state index contributed by atoms with van der Waals surface area (Å²) in [5.41, 5.74) is 1.46. The van der Waals surface area contributed by atoms with Crippen molar-refractivity contribution in [2.45, 2.75) is 26.3 Å². The van der Waals surface area contributed by atoms with Crippen LogP contribution in [-0.2, 0) is 6.54 Å². The van der Waals surface area contributed by atoms with Crippen molar-refractivity contribution in [2.75, 3.05) is 26.7 Å². The summed E-state index contributed by atoms with van der Waals surface area (Å²) in [6.45, 7) is 6.40. The van der Waals surface area contributed by atoms with Crippen LogP contribution >= 0.6 is 0 Å². The van der Waals surface area contributed by atoms with Crippen LogP contribution in [-0.4, -0.2) is 31.6 Å². The van der Waals surface area contributed by atoms with E-state index in [4.69, 9.17) is 0 Å². The summed E-state index contributed by atoms with van der Waals surface area (Å²) in [6, 6.07) is 6.90. The van der Waals surface area contributed by atoms with Crippen LogP contribution < -0.4 is 5.32 Å². The molecule has 2 rings (SSSR count). The molecule has 0 amide bonds. The molecule has 1 aliphatic heterocycles. The maximum Gasteiger partial charge on any atom is 0.123 e. The summed E-state index contributed by atoms with van der Waals surface area (Å²) >= 11 is 0. The molecule has 0 saturated carbocycles. The van der Waals surface area contributed by atoms with Crippen LogP contribution in [0.3, 0.4) is 0 Å². The molecule has 18 heavy (non-hydrogen) atoms. The van der Waals surface area contributed by atoms with E-state index >= 15 is 0 Å². The monoisotopic (exact) mass is 250 g/mol. The largest absolute Gasteiger partial charge is 0.316 e. The Labute approximate surface area is 109 Å². The predicted octanol–water partition coefficient (Wildman–Crippen LogP) is 2.65. The van der Waals surface area contributed by atoms with Crippen LogP contribution in [0, 0.1) is 11.2 Å². The second-order valence-corrected chi connectivity index (χ2v) is 5.58. The van der Waals surface area contributed by atoms with Gasteiger partial charge in [-0.1, -0.05) is 19.1 Å². The van der Waals surface area contributed by atoms with Gasteiger partial charge in [0.05, 0.1) is 0 Å². The Morgan fingerprint density at radius 3 is 2.89 bits per heavy atom. The van der Waals surface area contributed by atoms with Crippen LogP contribution in [0.2, 0.25) is 0 Å². The summed E-state index contributed by atoms with van der Waals surface area (Å²) in [6.07, 6.45) is 2.45. The summed E-state index contributed by atoms with van der Waals surface area (Å²) in [5.74, 6) is -0.145. The van der Waals surface area contributed by atoms with Gasteiger partial charge in [0.1, 0.15) is 5.82 Å². The number of nitrogens with one attached hydrogen (secondary N) is 1. The van der Waals surface area contributed by atoms with E-state index in [0.717, 1.165) is 31.7 Å². The lowest BCUT2D eigenvalue weighted by Crippen LogP contribution is -2.36. The van der Waals surface area contributed by atoms with Crippen molar-refractivity contribution < 1.29 is 4.39 Å². The average molecular weight is 250 g/mol. The Balaban J connectivity index is 1.93. The predicted molar refractivity (Wildman–Crippen MR) is 72.9 cm³/mol. The van der Waals surface area contributed by atoms with Gasteiger partial charge in [-0.2, -0.15) is 0 Å². The molecule has 1 aromatic rings. The highest BCUT2D eigenvalue weighted by Crippen LogP contribution is 2.30. The molecule has 2 nitrogen and oxygen atoms in total. The number of nitrogens with zero attached hydrogens (tertiary/aromatic N) is 1. The van der Waals surface area contributed by atoms with E-state index in [-0.39, 0.29) is 5.82 Å². The molecule has 0 bridgehead atoms. The summed E-state index contributed by atoms with van der Waals surface area (Å²) < 4.78 is 13.1. The van der Waals surface area contributed by atoms with Gasteiger partial charge < -0.3 is 10.2 Å². The molecule has 0 spiro atoms. The van der Waals surface area contributed by atoms with E-state index in [1.807, 2.05) is 6.07 Å². The molecule has 1 heterocycles. The molecule has 0 aliphatic carbocycles. The van der Waals surface area contributed by atoms with Crippen LogP contribution in [0.5, 0.6) is 0 Å². The lowest BCUT2D eigenvalue weighted by atomic mass is 9.84. The molecule has 1 saturated heterocycles. The van der Waals surface area contributed by atoms with E-state index in [1.165, 1.54) is 18.9 Å². The lowest BCUT2D eigenvalue weighted by molar-refractivity contribution is 0.179. The van der Waals surface area contributed by atoms with Gasteiger partial charge in [-0.15, -0.1) is 0 Å². The first kappa shape index (κ1) is 13.5. The molecule has 1 unspecified atom stereocenters. The van der Waals surface area contributed by atoms with E-state index < -0.39 is 0 Å². The van der Waals surface area contributed by atoms with Crippen molar-refractivity contribution in [2.24, 2.45) is 5.41 Å². The minimum Gasteiger partial charge on any atom is -0.316 e. The van der Waals surface area contributed by atoms with Gasteiger partial charge in [0.15, 0.2) is 0 Å². The number of rotatable bonds is 5. The molecule has 0 radical (unpaired) electrons. The summed E-state index contributed by atoms with van der Waals surface area (Å²) in [7, 11) is 2.13. The molecular formula is C15H23FN2. The normalized spacial score (nSPS) is 23.8. The topological polar surface area (TPSA) is 15.3 Å². The van der Waals surface area contributed by atoms with Crippen molar-refractivity contribution in [1.29, 1.82) is 0 Å². The summed E-state index contributed by atoms with van der Waals surface area (Å²) in [4.78, 5) is 2.31. The second kappa shape index (κ2) is 5.81. The Bertz CT molecular complexity index is 386. The zero-order valence-electron chi connectivity index (χ0n) is 11.4. The van der Waals surface area contributed by atoms with Gasteiger partial charge in [-0.3, -0.25) is 0 Å². The first-order valence-corrected chi connectivity index (χ1v) is 6.77. The first-order chi connectivity index (χ1) is 8.63. The van der Waals surface area contributed by atoms with Gasteiger partial charge in [0.2, 0.25) is 0 Å². The molecule has 3 heteroatoms. The highest BCUT2D eigenvalue weighted by atomic mass is 19.1. The SMILES string of the molecule is CCC1(CN(C)Cc2cccc(F)c2)CCNC1. The molecule has 0 aromatic heterocycles. The van der Waals surface area contributed by atoms with Crippen LogP contribution in [0.1, 0.15) is 25.3 Å². The van der Waals surface area contributed by atoms with Crippen molar-refractivity contribution in [1.82, 2.24) is 10.2 Å². The Morgan fingerprint density at radius 2 is 2.28 bits per heavy atom. The fourth-order valence-electron chi connectivity index (χ4n) is 2.92. The second-order valence-electron chi connectivity index (χ2n) is 5.58. The van der Waals surface area contributed by atoms with Crippen LogP contribution in [0.15, 0.2) is 24.3 Å². The number of hydrogen-bond donors (Lipinski definition) is 1. The number of hydrogen-bond acceptors (Lipinski definition) is 2. The molecule has 1 fully saturated rings. The molecular weight excluding hydrogens is 227 g/mol. The lowest BCUT2D eigenvalue weighted by Gasteiger charge is -2.32. The van der Waals surface area contributed by atoms with E-state index in [1.54, 1.807) is 12.1 Å². The minimum atomic E-state index is -0.145. The maximum absolute atomic E-state index is 13.1. The highest BCUT2D eigenvalue weighted by Gasteiger charge is 2.32. The van der Waals surface area contributed by atoms with Crippen LogP contribution in [0.25, 0.3) is 0 Å². The third-order valence-corrected chi connectivity index (χ3v) is 4.03. The highest BCUT2D eigenvalue weighted by molar-refractivity contribution is 5.16. The smallest absolute Gasteiger partial charge is 0.123 e. The Kier molecular flexibility index (Phi) is 4.36. The zero-order chi connectivity index (χ0) is 13.0. The van der Waals surface area contributed by atoms with Crippen LogP contribution in [0.4, 0.5) is 4.39 Å². The van der Waals surface area contributed by atoms with E-state index in [2.05, 4.69) is 24.2 Å². The Hall–Kier alpha value is -0.930. The number of benzene rings is 1. The van der Waals surface area contributed by atoms with Crippen molar-refractivity contribution >= 4 is 0 Å². The fourth-order valence-corrected chi connectivity index (χ4v) is 2.92. The molecule has 1 aliphatic rings. The number of halogens is 1. The van der Waals surface area contributed by atoms with Gasteiger partial charge in [-0.25, -0.2) is 4.39 Å². The minimum absolute atomic E-state index is 0.145. The van der Waals surface area contributed by atoms with E-state index in [0.29, 0.717) is 5.41 Å². The fraction of sp³-hybridized carbons (Fsp3) is 0.600. The Morgan fingerprint density at radius 1 is 1.44 bits per heavy atom. The van der Waals surface area contributed by atoms with Crippen molar-refractivity contribution in [3.63, 3.8) is 0 Å². The van der Waals surface area contributed by atoms with Crippen molar-refractivity contribution in [3.05, 3.63) is 35.6 Å². The van der Waals surface area contributed by atoms with Crippen molar-refractivity contribution in [3.8, 4) is 0 Å². The molecule has 1 atom stereocenters. The molecule has 100 valence electrons. The standard InChI is InChI=1S/C15H23FN2/c1-3-15(7-8-17-11-15)12-18(2)10-13-5-4-6-14(16)9-13/h4-6,9,17H,3,7-8,10-12H2,1-2H3. The first-order valence-electron chi connectivity index (χ1n) is 6.77. The third kappa shape index (κ3) is 3.30. The van der Waals surface area contributed by atoms with Gasteiger partial charge in [-0.05, 0) is 49.5 Å². The molecule has 1 aromatic carbocycles. The van der Waals surface area contributed by atoms with Gasteiger partial charge in [0.25, 0.3) is 0 Å². The molecule has 1 N–H and O–H groups in total. The zero-order valence-corrected chi connectivity index (χ0v) is 11.4. The average Bonchev–Trinajstić information content (AvgIpc) is 2.78. The van der Waals surface area contributed by atoms with Gasteiger partial charge >= 0.3 is 0 Å². The maximum atomic E-state index is 13.1. The van der Waals surface area contributed by atoms with Gasteiger partial charge in [0, 0.05) is 19.6 Å². The third-order valence-electron chi connectivity index (χ3n) is 4.03. The quantitative estimate of drug-likeness (QED) is 0.864.